The Morgan fingerprint density at radius 2 is 1.28 bits per heavy atom. The molecule has 36 heavy (non-hydrogen) atoms. The van der Waals surface area contributed by atoms with Gasteiger partial charge in [0.2, 0.25) is 0 Å². The number of carbonyl (C=O) groups excluding carboxylic acids is 5. The number of fused-ring (bicyclic) bond motifs is 1. The molecule has 2 atom stereocenters. The van der Waals surface area contributed by atoms with Crippen LogP contribution in [0.4, 0.5) is 0 Å². The van der Waals surface area contributed by atoms with E-state index in [1.54, 1.807) is 6.07 Å². The lowest BCUT2D eigenvalue weighted by atomic mass is 9.93. The molecular weight excluding hydrogens is 476 g/mol. The van der Waals surface area contributed by atoms with Crippen molar-refractivity contribution in [1.29, 1.82) is 0 Å². The normalized spacial score (nSPS) is 16.0. The Hall–Kier alpha value is -4.41. The van der Waals surface area contributed by atoms with Gasteiger partial charge in [0.05, 0.1) is 0 Å². The molecule has 0 bridgehead atoms. The smallest absolute Gasteiger partial charge is 0.308 e. The van der Waals surface area contributed by atoms with Crippen LogP contribution in [-0.2, 0) is 35.1 Å². The summed E-state index contributed by atoms with van der Waals surface area (Å²) in [6.45, 7) is 6.04. The predicted octanol–water partition coefficient (Wildman–Crippen LogP) is 3.00. The third kappa shape index (κ3) is 6.59. The zero-order valence-electron chi connectivity index (χ0n) is 20.2. The molecule has 1 aliphatic rings. The van der Waals surface area contributed by atoms with Crippen molar-refractivity contribution in [3.63, 3.8) is 0 Å². The van der Waals surface area contributed by atoms with E-state index in [-0.39, 0.29) is 35.2 Å². The Bertz CT molecular complexity index is 1230. The Morgan fingerprint density at radius 3 is 1.86 bits per heavy atom. The van der Waals surface area contributed by atoms with Gasteiger partial charge in [-0.2, -0.15) is 0 Å². The summed E-state index contributed by atoms with van der Waals surface area (Å²) < 4.78 is 32.4. The lowest BCUT2D eigenvalue weighted by Gasteiger charge is -2.34. The molecule has 0 saturated heterocycles. The van der Waals surface area contributed by atoms with Crippen LogP contribution in [-0.4, -0.2) is 36.0 Å². The number of esters is 5. The highest BCUT2D eigenvalue weighted by atomic mass is 16.6. The van der Waals surface area contributed by atoms with Crippen LogP contribution in [0.3, 0.4) is 0 Å². The molecular formula is C25H24O11. The van der Waals surface area contributed by atoms with Crippen LogP contribution in [0.5, 0.6) is 28.7 Å². The summed E-state index contributed by atoms with van der Waals surface area (Å²) in [4.78, 5) is 58.1. The van der Waals surface area contributed by atoms with Crippen LogP contribution in [0.2, 0.25) is 0 Å². The predicted molar refractivity (Wildman–Crippen MR) is 121 cm³/mol. The van der Waals surface area contributed by atoms with Gasteiger partial charge in [0, 0.05) is 64.3 Å². The van der Waals surface area contributed by atoms with Crippen molar-refractivity contribution in [1.82, 2.24) is 0 Å². The summed E-state index contributed by atoms with van der Waals surface area (Å²) in [6.07, 6.45) is -1.72. The Kier molecular flexibility index (Phi) is 7.93. The SMILES string of the molecule is CC(=O)Oc1cc(OC(C)=O)c2c(c1)O[C@@H](c1ccc(OC(C)=O)c(OC(C)=O)c1)[C@@H](OC(C)=O)C2. The monoisotopic (exact) mass is 500 g/mol. The molecule has 1 heterocycles. The van der Waals surface area contributed by atoms with E-state index < -0.39 is 42.1 Å². The average Bonchev–Trinajstić information content (AvgIpc) is 2.73. The molecule has 1 aliphatic heterocycles. The van der Waals surface area contributed by atoms with Gasteiger partial charge in [-0.1, -0.05) is 6.07 Å². The van der Waals surface area contributed by atoms with Crippen molar-refractivity contribution < 1.29 is 52.4 Å². The Morgan fingerprint density at radius 1 is 0.694 bits per heavy atom. The zero-order valence-corrected chi connectivity index (χ0v) is 20.2. The van der Waals surface area contributed by atoms with Gasteiger partial charge in [0.1, 0.15) is 23.4 Å². The van der Waals surface area contributed by atoms with Crippen molar-refractivity contribution >= 4 is 29.8 Å². The second kappa shape index (κ2) is 10.9. The fourth-order valence-electron chi connectivity index (χ4n) is 3.67. The molecule has 0 saturated carbocycles. The van der Waals surface area contributed by atoms with Gasteiger partial charge in [-0.3, -0.25) is 24.0 Å². The zero-order chi connectivity index (χ0) is 26.6. The van der Waals surface area contributed by atoms with Crippen molar-refractivity contribution in [2.75, 3.05) is 0 Å². The lowest BCUT2D eigenvalue weighted by molar-refractivity contribution is -0.152. The molecule has 11 nitrogen and oxygen atoms in total. The standard InChI is InChI=1S/C25H24O11/c1-12(26)31-18-9-21(33-14(3)28)19-11-24(35-16(5)30)25(36-22(19)10-18)17-6-7-20(32-13(2)27)23(8-17)34-15(4)29/h6-10,24-25H,11H2,1-5H3/t24-,25-/m0/s1. The second-order valence-corrected chi connectivity index (χ2v) is 7.87. The van der Waals surface area contributed by atoms with Crippen LogP contribution in [0.1, 0.15) is 51.8 Å². The van der Waals surface area contributed by atoms with E-state index in [2.05, 4.69) is 0 Å². The number of hydrogen-bond donors (Lipinski definition) is 0. The topological polar surface area (TPSA) is 141 Å². The van der Waals surface area contributed by atoms with Crippen LogP contribution in [0.15, 0.2) is 30.3 Å². The molecule has 190 valence electrons. The maximum atomic E-state index is 11.9. The molecule has 0 unspecified atom stereocenters. The number of ether oxygens (including phenoxy) is 6. The molecule has 0 radical (unpaired) electrons. The van der Waals surface area contributed by atoms with Gasteiger partial charge in [0.25, 0.3) is 0 Å². The minimum atomic E-state index is -0.917. The third-order valence-electron chi connectivity index (χ3n) is 4.77. The minimum absolute atomic E-state index is 0.0102. The van der Waals surface area contributed by atoms with Crippen molar-refractivity contribution in [3.8, 4) is 28.7 Å². The molecule has 0 spiro atoms. The Labute approximate surface area is 206 Å². The summed E-state index contributed by atoms with van der Waals surface area (Å²) in [5.41, 5.74) is 0.839. The first-order valence-electron chi connectivity index (χ1n) is 10.8. The van der Waals surface area contributed by atoms with E-state index in [0.29, 0.717) is 11.1 Å². The van der Waals surface area contributed by atoms with Crippen molar-refractivity contribution in [2.24, 2.45) is 0 Å². The van der Waals surface area contributed by atoms with E-state index >= 15 is 0 Å². The van der Waals surface area contributed by atoms with Crippen LogP contribution < -0.4 is 23.7 Å². The van der Waals surface area contributed by atoms with Crippen LogP contribution >= 0.6 is 0 Å². The molecule has 2 aromatic carbocycles. The van der Waals surface area contributed by atoms with Gasteiger partial charge >= 0.3 is 29.8 Å². The highest BCUT2D eigenvalue weighted by Crippen LogP contribution is 2.45. The van der Waals surface area contributed by atoms with E-state index in [1.807, 2.05) is 0 Å². The van der Waals surface area contributed by atoms with Gasteiger partial charge in [-0.25, -0.2) is 0 Å². The minimum Gasteiger partial charge on any atom is -0.481 e. The highest BCUT2D eigenvalue weighted by Gasteiger charge is 2.37. The molecule has 11 heteroatoms. The second-order valence-electron chi connectivity index (χ2n) is 7.87. The first-order chi connectivity index (χ1) is 16.9. The maximum Gasteiger partial charge on any atom is 0.308 e. The fraction of sp³-hybridized carbons (Fsp3) is 0.320. The average molecular weight is 500 g/mol. The molecule has 0 amide bonds. The summed E-state index contributed by atoms with van der Waals surface area (Å²) in [7, 11) is 0. The van der Waals surface area contributed by atoms with Gasteiger partial charge in [-0.05, 0) is 12.1 Å². The van der Waals surface area contributed by atoms with E-state index in [9.17, 15) is 24.0 Å². The summed E-state index contributed by atoms with van der Waals surface area (Å²) in [6, 6.07) is 7.21. The number of carbonyl (C=O) groups is 5. The van der Waals surface area contributed by atoms with Gasteiger partial charge < -0.3 is 28.4 Å². The first kappa shape index (κ1) is 26.2. The number of rotatable bonds is 6. The van der Waals surface area contributed by atoms with E-state index in [0.717, 1.165) is 0 Å². The van der Waals surface area contributed by atoms with Gasteiger partial charge in [0.15, 0.2) is 17.6 Å². The number of hydrogen-bond acceptors (Lipinski definition) is 11. The highest BCUT2D eigenvalue weighted by molar-refractivity contribution is 5.74. The summed E-state index contributed by atoms with van der Waals surface area (Å²) in [5, 5.41) is 0. The van der Waals surface area contributed by atoms with E-state index in [4.69, 9.17) is 28.4 Å². The molecule has 0 N–H and O–H groups in total. The van der Waals surface area contributed by atoms with E-state index in [1.165, 1.54) is 58.9 Å². The first-order valence-corrected chi connectivity index (χ1v) is 10.8. The lowest BCUT2D eigenvalue weighted by Crippen LogP contribution is -2.34. The quantitative estimate of drug-likeness (QED) is 0.427. The molecule has 2 aromatic rings. The Balaban J connectivity index is 2.11. The largest absolute Gasteiger partial charge is 0.481 e. The number of benzene rings is 2. The maximum absolute atomic E-state index is 11.9. The summed E-state index contributed by atoms with van der Waals surface area (Å²) >= 11 is 0. The molecule has 0 aliphatic carbocycles. The fourth-order valence-corrected chi connectivity index (χ4v) is 3.67. The van der Waals surface area contributed by atoms with Crippen LogP contribution in [0.25, 0.3) is 0 Å². The van der Waals surface area contributed by atoms with Crippen molar-refractivity contribution in [2.45, 2.75) is 53.2 Å². The molecule has 3 rings (SSSR count). The van der Waals surface area contributed by atoms with Crippen LogP contribution in [0, 0.1) is 0 Å². The summed E-state index contributed by atoms with van der Waals surface area (Å²) in [5.74, 6) is -2.72. The third-order valence-corrected chi connectivity index (χ3v) is 4.77. The molecule has 0 fully saturated rings. The van der Waals surface area contributed by atoms with Gasteiger partial charge in [-0.15, -0.1) is 0 Å². The van der Waals surface area contributed by atoms with Crippen molar-refractivity contribution in [3.05, 3.63) is 41.5 Å². The molecule has 0 aromatic heterocycles.